The zero-order valence-electron chi connectivity index (χ0n) is 10.7. The van der Waals surface area contributed by atoms with Crippen molar-refractivity contribution in [3.63, 3.8) is 0 Å². The molecule has 0 bridgehead atoms. The fourth-order valence-electron chi connectivity index (χ4n) is 1.12. The van der Waals surface area contributed by atoms with Crippen molar-refractivity contribution in [2.45, 2.75) is 38.8 Å². The first-order valence-corrected chi connectivity index (χ1v) is 7.02. The lowest BCUT2D eigenvalue weighted by atomic mass is 10.1. The zero-order valence-corrected chi connectivity index (χ0v) is 11.5. The van der Waals surface area contributed by atoms with E-state index in [1.807, 2.05) is 13.2 Å². The number of amides is 1. The number of thioether (sulfide) groups is 1. The molecule has 0 saturated carbocycles. The minimum absolute atomic E-state index is 0.0679. The van der Waals surface area contributed by atoms with Crippen molar-refractivity contribution in [3.05, 3.63) is 0 Å². The molecule has 96 valence electrons. The van der Waals surface area contributed by atoms with Gasteiger partial charge in [0.05, 0.1) is 12.1 Å². The number of carbonyl (C=O) groups excluding carboxylic acids is 1. The molecule has 2 atom stereocenters. The summed E-state index contributed by atoms with van der Waals surface area (Å²) in [6.07, 6.45) is 2.93. The second kappa shape index (κ2) is 7.92. The van der Waals surface area contributed by atoms with Gasteiger partial charge in [0.15, 0.2) is 0 Å². The third-order valence-electron chi connectivity index (χ3n) is 2.35. The van der Waals surface area contributed by atoms with Crippen molar-refractivity contribution < 1.29 is 9.90 Å². The van der Waals surface area contributed by atoms with Crippen LogP contribution >= 0.6 is 11.8 Å². The van der Waals surface area contributed by atoms with Crippen LogP contribution in [-0.4, -0.2) is 47.8 Å². The normalized spacial score (nSPS) is 16.6. The van der Waals surface area contributed by atoms with Crippen molar-refractivity contribution in [2.24, 2.45) is 0 Å². The largest absolute Gasteiger partial charge is 0.387 e. The van der Waals surface area contributed by atoms with Gasteiger partial charge in [-0.05, 0) is 26.5 Å². The molecule has 0 aromatic rings. The van der Waals surface area contributed by atoms with E-state index in [0.29, 0.717) is 24.9 Å². The Kier molecular flexibility index (Phi) is 7.80. The van der Waals surface area contributed by atoms with Crippen LogP contribution in [0.3, 0.4) is 0 Å². The third kappa shape index (κ3) is 7.96. The molecule has 0 aliphatic rings. The predicted molar refractivity (Wildman–Crippen MR) is 69.8 cm³/mol. The standard InChI is InChI=1S/C11H24N2O2S/c1-5-9(2)12-6-10(14)13-7-11(3,15)8-16-4/h9,12,15H,5-8H2,1-4H3,(H,13,14). The minimum Gasteiger partial charge on any atom is -0.387 e. The Morgan fingerprint density at radius 2 is 2.19 bits per heavy atom. The summed E-state index contributed by atoms with van der Waals surface area (Å²) < 4.78 is 0. The van der Waals surface area contributed by atoms with E-state index in [-0.39, 0.29) is 5.91 Å². The van der Waals surface area contributed by atoms with Crippen molar-refractivity contribution in [1.82, 2.24) is 10.6 Å². The van der Waals surface area contributed by atoms with Crippen LogP contribution in [0, 0.1) is 0 Å². The molecule has 3 N–H and O–H groups in total. The number of aliphatic hydroxyl groups is 1. The maximum atomic E-state index is 11.4. The van der Waals surface area contributed by atoms with Crippen LogP contribution < -0.4 is 10.6 Å². The quantitative estimate of drug-likeness (QED) is 0.589. The van der Waals surface area contributed by atoms with Crippen molar-refractivity contribution >= 4 is 17.7 Å². The fourth-order valence-corrected chi connectivity index (χ4v) is 1.85. The van der Waals surface area contributed by atoms with Crippen LogP contribution in [-0.2, 0) is 4.79 Å². The number of hydrogen-bond acceptors (Lipinski definition) is 4. The molecule has 0 spiro atoms. The van der Waals surface area contributed by atoms with Crippen molar-refractivity contribution in [1.29, 1.82) is 0 Å². The van der Waals surface area contributed by atoms with Gasteiger partial charge < -0.3 is 15.7 Å². The average Bonchev–Trinajstić information content (AvgIpc) is 2.23. The molecular formula is C11H24N2O2S. The van der Waals surface area contributed by atoms with Crippen LogP contribution in [0.15, 0.2) is 0 Å². The van der Waals surface area contributed by atoms with Crippen LogP contribution in [0.5, 0.6) is 0 Å². The minimum atomic E-state index is -0.828. The van der Waals surface area contributed by atoms with Gasteiger partial charge in [0.1, 0.15) is 0 Å². The van der Waals surface area contributed by atoms with E-state index in [1.54, 1.807) is 18.7 Å². The lowest BCUT2D eigenvalue weighted by Crippen LogP contribution is -2.46. The second-order valence-corrected chi connectivity index (χ2v) is 5.26. The van der Waals surface area contributed by atoms with Gasteiger partial charge in [-0.2, -0.15) is 11.8 Å². The third-order valence-corrected chi connectivity index (χ3v) is 3.26. The molecule has 0 heterocycles. The first kappa shape index (κ1) is 15.7. The summed E-state index contributed by atoms with van der Waals surface area (Å²) in [6.45, 7) is 6.45. The molecule has 0 saturated heterocycles. The first-order valence-electron chi connectivity index (χ1n) is 5.62. The number of nitrogens with one attached hydrogen (secondary N) is 2. The smallest absolute Gasteiger partial charge is 0.234 e. The van der Waals surface area contributed by atoms with Gasteiger partial charge in [-0.1, -0.05) is 6.92 Å². The maximum Gasteiger partial charge on any atom is 0.234 e. The molecule has 0 rings (SSSR count). The molecule has 4 nitrogen and oxygen atoms in total. The lowest BCUT2D eigenvalue weighted by Gasteiger charge is -2.22. The highest BCUT2D eigenvalue weighted by Gasteiger charge is 2.20. The SMILES string of the molecule is CCC(C)NCC(=O)NCC(C)(O)CSC. The van der Waals surface area contributed by atoms with Crippen LogP contribution in [0.4, 0.5) is 0 Å². The zero-order chi connectivity index (χ0) is 12.6. The van der Waals surface area contributed by atoms with Crippen LogP contribution in [0.1, 0.15) is 27.2 Å². The molecule has 5 heteroatoms. The van der Waals surface area contributed by atoms with E-state index in [1.165, 1.54) is 0 Å². The maximum absolute atomic E-state index is 11.4. The summed E-state index contributed by atoms with van der Waals surface area (Å²) in [5.41, 5.74) is -0.828. The lowest BCUT2D eigenvalue weighted by molar-refractivity contribution is -0.121. The summed E-state index contributed by atoms with van der Waals surface area (Å²) >= 11 is 1.57. The van der Waals surface area contributed by atoms with E-state index in [0.717, 1.165) is 6.42 Å². The highest BCUT2D eigenvalue weighted by molar-refractivity contribution is 7.98. The molecule has 0 aliphatic heterocycles. The fraction of sp³-hybridized carbons (Fsp3) is 0.909. The first-order chi connectivity index (χ1) is 7.41. The second-order valence-electron chi connectivity index (χ2n) is 4.40. The van der Waals surface area contributed by atoms with Gasteiger partial charge in [0, 0.05) is 18.3 Å². The van der Waals surface area contributed by atoms with E-state index < -0.39 is 5.60 Å². The monoisotopic (exact) mass is 248 g/mol. The van der Waals surface area contributed by atoms with Gasteiger partial charge in [-0.25, -0.2) is 0 Å². The van der Waals surface area contributed by atoms with Gasteiger partial charge in [-0.15, -0.1) is 0 Å². The molecule has 0 radical (unpaired) electrons. The van der Waals surface area contributed by atoms with Gasteiger partial charge >= 0.3 is 0 Å². The van der Waals surface area contributed by atoms with Crippen LogP contribution in [0.25, 0.3) is 0 Å². The predicted octanol–water partition coefficient (Wildman–Crippen LogP) is 0.605. The molecule has 0 aromatic heterocycles. The Hall–Kier alpha value is -0.260. The summed E-state index contributed by atoms with van der Waals surface area (Å²) in [6, 6.07) is 0.345. The molecule has 16 heavy (non-hydrogen) atoms. The van der Waals surface area contributed by atoms with Gasteiger partial charge in [-0.3, -0.25) is 4.79 Å². The molecule has 1 amide bonds. The van der Waals surface area contributed by atoms with Crippen molar-refractivity contribution in [2.75, 3.05) is 25.1 Å². The highest BCUT2D eigenvalue weighted by atomic mass is 32.2. The Morgan fingerprint density at radius 3 is 2.69 bits per heavy atom. The summed E-state index contributed by atoms with van der Waals surface area (Å²) in [7, 11) is 0. The Bertz CT molecular complexity index is 210. The Balaban J connectivity index is 3.72. The van der Waals surface area contributed by atoms with Crippen LogP contribution in [0.2, 0.25) is 0 Å². The summed E-state index contributed by atoms with van der Waals surface area (Å²) in [5, 5.41) is 15.7. The van der Waals surface area contributed by atoms with Gasteiger partial charge in [0.2, 0.25) is 5.91 Å². The number of hydrogen-bond donors (Lipinski definition) is 3. The Labute approximate surface area is 103 Å². The van der Waals surface area contributed by atoms with E-state index in [2.05, 4.69) is 17.6 Å². The topological polar surface area (TPSA) is 61.4 Å². The highest BCUT2D eigenvalue weighted by Crippen LogP contribution is 2.08. The molecule has 0 fully saturated rings. The van der Waals surface area contributed by atoms with E-state index in [4.69, 9.17) is 0 Å². The van der Waals surface area contributed by atoms with E-state index >= 15 is 0 Å². The average molecular weight is 248 g/mol. The summed E-state index contributed by atoms with van der Waals surface area (Å²) in [5.74, 6) is 0.549. The molecular weight excluding hydrogens is 224 g/mol. The van der Waals surface area contributed by atoms with Crippen molar-refractivity contribution in [3.8, 4) is 0 Å². The Morgan fingerprint density at radius 1 is 1.56 bits per heavy atom. The molecule has 0 aromatic carbocycles. The number of rotatable bonds is 8. The van der Waals surface area contributed by atoms with E-state index in [9.17, 15) is 9.90 Å². The molecule has 2 unspecified atom stereocenters. The van der Waals surface area contributed by atoms with Gasteiger partial charge in [0.25, 0.3) is 0 Å². The summed E-state index contributed by atoms with van der Waals surface area (Å²) in [4.78, 5) is 11.4. The number of carbonyl (C=O) groups is 1. The molecule has 0 aliphatic carbocycles.